The van der Waals surface area contributed by atoms with Gasteiger partial charge in [0.2, 0.25) is 0 Å². The topological polar surface area (TPSA) is 25.8 Å². The van der Waals surface area contributed by atoms with E-state index in [9.17, 15) is 0 Å². The highest BCUT2D eigenvalue weighted by atomic mass is 35.5. The van der Waals surface area contributed by atoms with Crippen LogP contribution in [0.5, 0.6) is 0 Å². The summed E-state index contributed by atoms with van der Waals surface area (Å²) < 4.78 is 0. The zero-order chi connectivity index (χ0) is 15.4. The molecule has 0 atom stereocenters. The van der Waals surface area contributed by atoms with E-state index in [2.05, 4.69) is 18.2 Å². The van der Waals surface area contributed by atoms with Crippen LogP contribution in [-0.4, -0.2) is 9.97 Å². The molecule has 3 aromatic carbocycles. The Kier molecular flexibility index (Phi) is 2.58. The third-order valence-corrected chi connectivity index (χ3v) is 4.49. The lowest BCUT2D eigenvalue weighted by molar-refractivity contribution is 1.48. The van der Waals surface area contributed by atoms with Crippen molar-refractivity contribution >= 4 is 55.2 Å². The number of hydrogen-bond donors (Lipinski definition) is 0. The highest BCUT2D eigenvalue weighted by Crippen LogP contribution is 2.29. The smallest absolute Gasteiger partial charge is 0.0724 e. The van der Waals surface area contributed by atoms with Crippen molar-refractivity contribution in [1.29, 1.82) is 0 Å². The summed E-state index contributed by atoms with van der Waals surface area (Å²) in [5, 5.41) is 5.19. The first-order valence-electron chi connectivity index (χ1n) is 7.46. The summed E-state index contributed by atoms with van der Waals surface area (Å²) in [5.74, 6) is 0. The van der Waals surface area contributed by atoms with Crippen molar-refractivity contribution < 1.29 is 0 Å². The molecular weight excluding hydrogens is 304 g/mol. The zero-order valence-electron chi connectivity index (χ0n) is 12.1. The lowest BCUT2D eigenvalue weighted by Crippen LogP contribution is -1.87. The molecule has 3 heteroatoms. The fourth-order valence-electron chi connectivity index (χ4n) is 3.13. The van der Waals surface area contributed by atoms with Crippen LogP contribution in [0.2, 0.25) is 5.02 Å². The van der Waals surface area contributed by atoms with E-state index in [1.165, 1.54) is 0 Å². The molecular formula is C20H11ClN2. The second-order valence-corrected chi connectivity index (χ2v) is 6.14. The SMILES string of the molecule is Clc1ccc2cc3c(ccc4nc5ccccc5cc43)nc2c1. The zero-order valence-corrected chi connectivity index (χ0v) is 12.9. The maximum absolute atomic E-state index is 6.08. The molecule has 0 unspecified atom stereocenters. The molecule has 0 amide bonds. The summed E-state index contributed by atoms with van der Waals surface area (Å²) in [4.78, 5) is 9.53. The number of nitrogens with zero attached hydrogens (tertiary/aromatic N) is 2. The maximum atomic E-state index is 6.08. The minimum Gasteiger partial charge on any atom is -0.248 e. The fourth-order valence-corrected chi connectivity index (χ4v) is 3.30. The van der Waals surface area contributed by atoms with Crippen LogP contribution in [0.25, 0.3) is 43.6 Å². The van der Waals surface area contributed by atoms with Crippen LogP contribution in [0.3, 0.4) is 0 Å². The van der Waals surface area contributed by atoms with E-state index in [0.717, 1.165) is 43.6 Å². The van der Waals surface area contributed by atoms with E-state index in [1.54, 1.807) is 0 Å². The molecule has 0 N–H and O–H groups in total. The van der Waals surface area contributed by atoms with Crippen molar-refractivity contribution in [2.45, 2.75) is 0 Å². The number of aromatic nitrogens is 2. The summed E-state index contributed by atoms with van der Waals surface area (Å²) >= 11 is 6.08. The number of rotatable bonds is 0. The summed E-state index contributed by atoms with van der Waals surface area (Å²) in [6.07, 6.45) is 0. The van der Waals surface area contributed by atoms with Gasteiger partial charge >= 0.3 is 0 Å². The summed E-state index contributed by atoms with van der Waals surface area (Å²) in [6.45, 7) is 0. The monoisotopic (exact) mass is 314 g/mol. The Morgan fingerprint density at radius 3 is 2.00 bits per heavy atom. The second-order valence-electron chi connectivity index (χ2n) is 5.71. The molecule has 5 rings (SSSR count). The van der Waals surface area contributed by atoms with Gasteiger partial charge in [0, 0.05) is 26.6 Å². The molecule has 0 saturated carbocycles. The van der Waals surface area contributed by atoms with E-state index >= 15 is 0 Å². The molecule has 0 saturated heterocycles. The number of hydrogen-bond acceptors (Lipinski definition) is 2. The predicted molar refractivity (Wildman–Crippen MR) is 97.1 cm³/mol. The van der Waals surface area contributed by atoms with Crippen LogP contribution in [0, 0.1) is 0 Å². The van der Waals surface area contributed by atoms with Crippen molar-refractivity contribution in [2.75, 3.05) is 0 Å². The Morgan fingerprint density at radius 1 is 0.565 bits per heavy atom. The van der Waals surface area contributed by atoms with E-state index in [4.69, 9.17) is 21.6 Å². The van der Waals surface area contributed by atoms with Crippen molar-refractivity contribution in [3.8, 4) is 0 Å². The van der Waals surface area contributed by atoms with Crippen molar-refractivity contribution in [3.05, 3.63) is 71.8 Å². The van der Waals surface area contributed by atoms with Crippen LogP contribution in [0.15, 0.2) is 66.7 Å². The van der Waals surface area contributed by atoms with Gasteiger partial charge in [-0.25, -0.2) is 9.97 Å². The fraction of sp³-hybridized carbons (Fsp3) is 0. The van der Waals surface area contributed by atoms with Gasteiger partial charge in [-0.3, -0.25) is 0 Å². The third-order valence-electron chi connectivity index (χ3n) is 4.25. The van der Waals surface area contributed by atoms with Gasteiger partial charge in [0.15, 0.2) is 0 Å². The Morgan fingerprint density at radius 2 is 1.22 bits per heavy atom. The first-order valence-corrected chi connectivity index (χ1v) is 7.84. The van der Waals surface area contributed by atoms with E-state index in [1.807, 2.05) is 48.5 Å². The molecule has 2 heterocycles. The average molecular weight is 315 g/mol. The Labute approximate surface area is 137 Å². The minimum absolute atomic E-state index is 0.706. The van der Waals surface area contributed by atoms with E-state index < -0.39 is 0 Å². The molecule has 0 bridgehead atoms. The van der Waals surface area contributed by atoms with Crippen molar-refractivity contribution in [2.24, 2.45) is 0 Å². The van der Waals surface area contributed by atoms with Gasteiger partial charge in [0.25, 0.3) is 0 Å². The first kappa shape index (κ1) is 12.8. The van der Waals surface area contributed by atoms with Crippen LogP contribution < -0.4 is 0 Å². The van der Waals surface area contributed by atoms with Crippen molar-refractivity contribution in [1.82, 2.24) is 9.97 Å². The summed E-state index contributed by atoms with van der Waals surface area (Å²) in [5.41, 5.74) is 3.88. The molecule has 108 valence electrons. The summed E-state index contributed by atoms with van der Waals surface area (Å²) in [7, 11) is 0. The molecule has 0 radical (unpaired) electrons. The van der Waals surface area contributed by atoms with Crippen LogP contribution >= 0.6 is 11.6 Å². The normalized spacial score (nSPS) is 11.7. The van der Waals surface area contributed by atoms with Gasteiger partial charge in [-0.05, 0) is 42.5 Å². The van der Waals surface area contributed by atoms with Gasteiger partial charge in [0.05, 0.1) is 22.1 Å². The standard InChI is InChI=1S/C20H11ClN2/c21-14-6-5-13-10-16-15-9-12-3-1-2-4-17(12)22-18(15)7-8-19(16)23-20(13)11-14/h1-11H. The van der Waals surface area contributed by atoms with Gasteiger partial charge in [0.1, 0.15) is 0 Å². The summed E-state index contributed by atoms with van der Waals surface area (Å²) in [6, 6.07) is 22.4. The third kappa shape index (κ3) is 1.96. The number of benzene rings is 3. The Balaban J connectivity index is 1.97. The lowest BCUT2D eigenvalue weighted by Gasteiger charge is -2.07. The molecule has 0 spiro atoms. The Hall–Kier alpha value is -2.71. The molecule has 0 aliphatic heterocycles. The van der Waals surface area contributed by atoms with Crippen LogP contribution in [0.4, 0.5) is 0 Å². The highest BCUT2D eigenvalue weighted by molar-refractivity contribution is 6.31. The highest BCUT2D eigenvalue weighted by Gasteiger charge is 2.07. The quantitative estimate of drug-likeness (QED) is 0.269. The Bertz CT molecular complexity index is 1230. The molecule has 0 aliphatic rings. The molecule has 23 heavy (non-hydrogen) atoms. The number of halogens is 1. The second kappa shape index (κ2) is 4.64. The lowest BCUT2D eigenvalue weighted by atomic mass is 10.0. The van der Waals surface area contributed by atoms with E-state index in [0.29, 0.717) is 5.02 Å². The van der Waals surface area contributed by atoms with Gasteiger partial charge in [-0.1, -0.05) is 35.9 Å². The van der Waals surface area contributed by atoms with Gasteiger partial charge in [-0.15, -0.1) is 0 Å². The molecule has 2 nitrogen and oxygen atoms in total. The number of pyridine rings is 2. The van der Waals surface area contributed by atoms with Crippen LogP contribution in [-0.2, 0) is 0 Å². The largest absolute Gasteiger partial charge is 0.248 e. The first-order chi connectivity index (χ1) is 11.3. The van der Waals surface area contributed by atoms with E-state index in [-0.39, 0.29) is 0 Å². The maximum Gasteiger partial charge on any atom is 0.0724 e. The predicted octanol–water partition coefficient (Wildman–Crippen LogP) is 5.74. The number of para-hydroxylation sites is 1. The molecule has 5 aromatic rings. The average Bonchev–Trinajstić information content (AvgIpc) is 2.58. The van der Waals surface area contributed by atoms with Gasteiger partial charge < -0.3 is 0 Å². The minimum atomic E-state index is 0.706. The molecule has 0 fully saturated rings. The number of fused-ring (bicyclic) bond motifs is 5. The molecule has 2 aromatic heterocycles. The van der Waals surface area contributed by atoms with Gasteiger partial charge in [-0.2, -0.15) is 0 Å². The van der Waals surface area contributed by atoms with Crippen LogP contribution in [0.1, 0.15) is 0 Å². The molecule has 0 aliphatic carbocycles. The van der Waals surface area contributed by atoms with Crippen molar-refractivity contribution in [3.63, 3.8) is 0 Å².